The summed E-state index contributed by atoms with van der Waals surface area (Å²) in [6.45, 7) is 1.84. The summed E-state index contributed by atoms with van der Waals surface area (Å²) >= 11 is 0. The highest BCUT2D eigenvalue weighted by atomic mass is 16.5. The fourth-order valence-corrected chi connectivity index (χ4v) is 7.69. The van der Waals surface area contributed by atoms with Crippen molar-refractivity contribution in [3.05, 3.63) is 29.8 Å². The minimum Gasteiger partial charge on any atom is -0.497 e. The first-order chi connectivity index (χ1) is 15.3. The molecule has 2 N–H and O–H groups in total. The Bertz CT molecular complexity index is 821. The predicted molar refractivity (Wildman–Crippen MR) is 125 cm³/mol. The quantitative estimate of drug-likeness (QED) is 0.735. The molecule has 6 rings (SSSR count). The smallest absolute Gasteiger partial charge is 0.317 e. The highest BCUT2D eigenvalue weighted by molar-refractivity contribution is 5.75. The molecule has 1 aromatic carbocycles. The maximum Gasteiger partial charge on any atom is 0.317 e. The van der Waals surface area contributed by atoms with Crippen molar-refractivity contribution in [3.63, 3.8) is 0 Å². The summed E-state index contributed by atoms with van der Waals surface area (Å²) in [7, 11) is 5.71. The monoisotopic (exact) mass is 441 g/mol. The predicted octanol–water partition coefficient (Wildman–Crippen LogP) is 3.44. The second kappa shape index (κ2) is 8.21. The molecule has 5 fully saturated rings. The Balaban J connectivity index is 1.32. The van der Waals surface area contributed by atoms with Gasteiger partial charge in [-0.25, -0.2) is 4.79 Å². The average Bonchev–Trinajstić information content (AvgIpc) is 2.73. The summed E-state index contributed by atoms with van der Waals surface area (Å²) in [5, 5.41) is 15.4. The fraction of sp³-hybridized carbons (Fsp3) is 0.731. The molecule has 0 spiro atoms. The van der Waals surface area contributed by atoms with Gasteiger partial charge in [-0.15, -0.1) is 0 Å². The van der Waals surface area contributed by atoms with Crippen LogP contribution < -0.4 is 10.1 Å². The van der Waals surface area contributed by atoms with Crippen molar-refractivity contribution in [2.45, 2.75) is 56.1 Å². The number of aliphatic hydroxyl groups is 1. The molecule has 5 aliphatic rings. The molecule has 32 heavy (non-hydrogen) atoms. The first-order valence-corrected chi connectivity index (χ1v) is 12.4. The van der Waals surface area contributed by atoms with E-state index in [0.717, 1.165) is 54.9 Å². The molecule has 6 heteroatoms. The Morgan fingerprint density at radius 3 is 2.44 bits per heavy atom. The molecular formula is C26H39N3O3. The number of ether oxygens (including phenoxy) is 1. The Kier molecular flexibility index (Phi) is 5.65. The van der Waals surface area contributed by atoms with Crippen LogP contribution in [0.3, 0.4) is 0 Å². The molecule has 1 aliphatic heterocycles. The van der Waals surface area contributed by atoms with Crippen LogP contribution >= 0.6 is 0 Å². The number of rotatable bonds is 5. The first-order valence-electron chi connectivity index (χ1n) is 12.4. The van der Waals surface area contributed by atoms with Crippen LogP contribution in [-0.4, -0.2) is 67.3 Å². The lowest BCUT2D eigenvalue weighted by molar-refractivity contribution is -0.0777. The number of hydrogen-bond donors (Lipinski definition) is 2. The summed E-state index contributed by atoms with van der Waals surface area (Å²) in [6.07, 6.45) is 8.13. The van der Waals surface area contributed by atoms with Gasteiger partial charge in [0.05, 0.1) is 12.7 Å². The number of methoxy groups -OCH3 is 1. The van der Waals surface area contributed by atoms with Gasteiger partial charge >= 0.3 is 6.03 Å². The molecule has 2 amide bonds. The number of nitrogens with one attached hydrogen (secondary N) is 1. The molecule has 2 atom stereocenters. The summed E-state index contributed by atoms with van der Waals surface area (Å²) < 4.78 is 5.40. The lowest BCUT2D eigenvalue weighted by Crippen LogP contribution is -2.64. The van der Waals surface area contributed by atoms with Crippen molar-refractivity contribution in [2.24, 2.45) is 23.7 Å². The van der Waals surface area contributed by atoms with Crippen molar-refractivity contribution < 1.29 is 14.6 Å². The minimum atomic E-state index is -0.976. The van der Waals surface area contributed by atoms with Crippen LogP contribution in [0.25, 0.3) is 0 Å². The number of nitrogens with zero attached hydrogens (tertiary/aromatic N) is 2. The van der Waals surface area contributed by atoms with Crippen LogP contribution in [0.4, 0.5) is 4.79 Å². The van der Waals surface area contributed by atoms with Gasteiger partial charge in [0.25, 0.3) is 0 Å². The minimum absolute atomic E-state index is 0.0173. The number of hydrogen-bond acceptors (Lipinski definition) is 4. The molecule has 1 heterocycles. The molecule has 4 saturated carbocycles. The van der Waals surface area contributed by atoms with Gasteiger partial charge in [-0.2, -0.15) is 0 Å². The maximum absolute atomic E-state index is 13.5. The van der Waals surface area contributed by atoms with E-state index in [1.54, 1.807) is 7.11 Å². The molecule has 2 unspecified atom stereocenters. The fourth-order valence-electron chi connectivity index (χ4n) is 7.69. The van der Waals surface area contributed by atoms with Crippen LogP contribution in [0.1, 0.15) is 50.5 Å². The topological polar surface area (TPSA) is 65.0 Å². The van der Waals surface area contributed by atoms with E-state index in [1.807, 2.05) is 43.3 Å². The maximum atomic E-state index is 13.5. The van der Waals surface area contributed by atoms with Crippen LogP contribution in [0.5, 0.6) is 5.75 Å². The molecule has 1 saturated heterocycles. The van der Waals surface area contributed by atoms with E-state index >= 15 is 0 Å². The Morgan fingerprint density at radius 2 is 1.84 bits per heavy atom. The van der Waals surface area contributed by atoms with Gasteiger partial charge in [-0.1, -0.05) is 12.1 Å². The van der Waals surface area contributed by atoms with Crippen molar-refractivity contribution in [1.82, 2.24) is 15.1 Å². The van der Waals surface area contributed by atoms with Gasteiger partial charge in [-0.05, 0) is 94.5 Å². The van der Waals surface area contributed by atoms with Gasteiger partial charge in [0.15, 0.2) is 0 Å². The summed E-state index contributed by atoms with van der Waals surface area (Å²) in [5.41, 5.74) is -0.0791. The summed E-state index contributed by atoms with van der Waals surface area (Å²) in [6, 6.07) is 7.83. The van der Waals surface area contributed by atoms with Crippen molar-refractivity contribution >= 4 is 6.03 Å². The number of carbonyl (C=O) groups excluding carboxylic acids is 1. The number of piperidine rings is 1. The zero-order valence-corrected chi connectivity index (χ0v) is 19.8. The van der Waals surface area contributed by atoms with Crippen LogP contribution in [0, 0.1) is 23.7 Å². The highest BCUT2D eigenvalue weighted by Gasteiger charge is 2.52. The number of amides is 2. The van der Waals surface area contributed by atoms with Crippen LogP contribution in [0.2, 0.25) is 0 Å². The first kappa shape index (κ1) is 22.0. The van der Waals surface area contributed by atoms with E-state index < -0.39 is 5.60 Å². The van der Waals surface area contributed by atoms with E-state index in [4.69, 9.17) is 4.74 Å². The third-order valence-electron chi connectivity index (χ3n) is 8.73. The normalized spacial score (nSPS) is 38.2. The number of likely N-dealkylation sites (tertiary alicyclic amines) is 1. The van der Waals surface area contributed by atoms with Gasteiger partial charge in [0.2, 0.25) is 0 Å². The third kappa shape index (κ3) is 4.01. The van der Waals surface area contributed by atoms with E-state index in [0.29, 0.717) is 19.5 Å². The lowest BCUT2D eigenvalue weighted by atomic mass is 9.53. The highest BCUT2D eigenvalue weighted by Crippen LogP contribution is 2.55. The Morgan fingerprint density at radius 1 is 1.19 bits per heavy atom. The van der Waals surface area contributed by atoms with Crippen molar-refractivity contribution in [3.8, 4) is 5.75 Å². The van der Waals surface area contributed by atoms with Crippen molar-refractivity contribution in [2.75, 3.05) is 40.8 Å². The number of urea groups is 1. The largest absolute Gasteiger partial charge is 0.497 e. The molecule has 0 radical (unpaired) electrons. The van der Waals surface area contributed by atoms with E-state index in [9.17, 15) is 9.90 Å². The molecule has 4 bridgehead atoms. The van der Waals surface area contributed by atoms with Crippen LogP contribution in [-0.2, 0) is 5.60 Å². The number of carbonyl (C=O) groups is 1. The average molecular weight is 442 g/mol. The standard InChI is InChI=1S/C26H39N3O3/c1-28(2)16-22-17-29(8-7-26(22,31)21-5-4-6-23(12-21)32-3)24(30)27-25-13-18-9-19(14-25)11-20(10-18)15-25/h4-6,12,18-20,22,31H,7-11,13-17H2,1-3H3,(H,27,30). The Labute approximate surface area is 192 Å². The second-order valence-electron chi connectivity index (χ2n) is 11.4. The van der Waals surface area contributed by atoms with Gasteiger partial charge in [-0.3, -0.25) is 0 Å². The molecule has 6 nitrogen and oxygen atoms in total. The summed E-state index contributed by atoms with van der Waals surface area (Å²) in [5.74, 6) is 3.11. The lowest BCUT2D eigenvalue weighted by Gasteiger charge is -2.57. The molecule has 4 aliphatic carbocycles. The van der Waals surface area contributed by atoms with E-state index in [-0.39, 0.29) is 17.5 Å². The zero-order valence-electron chi connectivity index (χ0n) is 19.8. The molecular weight excluding hydrogens is 402 g/mol. The van der Waals surface area contributed by atoms with Gasteiger partial charge in [0.1, 0.15) is 5.75 Å². The summed E-state index contributed by atoms with van der Waals surface area (Å²) in [4.78, 5) is 17.5. The molecule has 176 valence electrons. The van der Waals surface area contributed by atoms with Crippen LogP contribution in [0.15, 0.2) is 24.3 Å². The second-order valence-corrected chi connectivity index (χ2v) is 11.4. The van der Waals surface area contributed by atoms with Crippen molar-refractivity contribution in [1.29, 1.82) is 0 Å². The van der Waals surface area contributed by atoms with E-state index in [1.165, 1.54) is 19.3 Å². The van der Waals surface area contributed by atoms with Gasteiger partial charge < -0.3 is 25.0 Å². The number of benzene rings is 1. The van der Waals surface area contributed by atoms with E-state index in [2.05, 4.69) is 10.2 Å². The zero-order chi connectivity index (χ0) is 22.5. The molecule has 0 aromatic heterocycles. The SMILES string of the molecule is COc1cccc(C2(O)CCN(C(=O)NC34CC5CC(CC(C5)C3)C4)CC2CN(C)C)c1. The third-order valence-corrected chi connectivity index (χ3v) is 8.73. The van der Waals surface area contributed by atoms with Gasteiger partial charge in [0, 0.05) is 31.1 Å². The Hall–Kier alpha value is -1.79. The molecule has 1 aromatic rings.